The minimum Gasteiger partial charge on any atom is -0.381 e. The minimum absolute atomic E-state index is 0.111. The van der Waals surface area contributed by atoms with Crippen molar-refractivity contribution in [1.82, 2.24) is 19.4 Å². The van der Waals surface area contributed by atoms with Gasteiger partial charge in [-0.1, -0.05) is 23.4 Å². The van der Waals surface area contributed by atoms with Gasteiger partial charge in [0.05, 0.1) is 18.0 Å². The zero-order valence-corrected chi connectivity index (χ0v) is 18.1. The highest BCUT2D eigenvalue weighted by Gasteiger charge is 2.34. The Kier molecular flexibility index (Phi) is 5.73. The summed E-state index contributed by atoms with van der Waals surface area (Å²) in [5, 5.41) is 4.87. The molecule has 3 aromatic rings. The Balaban J connectivity index is 1.28. The van der Waals surface area contributed by atoms with E-state index in [9.17, 15) is 8.42 Å². The number of sulfonamides is 1. The Bertz CT molecular complexity index is 1150. The van der Waals surface area contributed by atoms with E-state index in [-0.39, 0.29) is 10.8 Å². The number of nitrogens with zero attached hydrogens (tertiary/aromatic N) is 4. The van der Waals surface area contributed by atoms with Crippen LogP contribution in [0.4, 0.5) is 0 Å². The molecule has 0 radical (unpaired) electrons. The highest BCUT2D eigenvalue weighted by atomic mass is 32.2. The number of aromatic nitrogens is 3. The van der Waals surface area contributed by atoms with Gasteiger partial charge in [0.25, 0.3) is 0 Å². The third-order valence-corrected chi connectivity index (χ3v) is 7.85. The number of piperidine rings is 1. The zero-order valence-electron chi connectivity index (χ0n) is 17.3. The molecule has 8 nitrogen and oxygen atoms in total. The molecule has 2 fully saturated rings. The zero-order chi connectivity index (χ0) is 21.3. The first-order valence-electron chi connectivity index (χ1n) is 10.9. The third-order valence-electron chi connectivity index (χ3n) is 5.95. The second-order valence-electron chi connectivity index (χ2n) is 8.35. The molecule has 31 heavy (non-hydrogen) atoms. The maximum atomic E-state index is 13.4. The van der Waals surface area contributed by atoms with Crippen molar-refractivity contribution in [3.63, 3.8) is 0 Å². The van der Waals surface area contributed by atoms with Gasteiger partial charge in [-0.2, -0.15) is 9.29 Å². The fourth-order valence-electron chi connectivity index (χ4n) is 4.02. The summed E-state index contributed by atoms with van der Waals surface area (Å²) in [6, 6.07) is 8.93. The van der Waals surface area contributed by atoms with Gasteiger partial charge in [0, 0.05) is 37.7 Å². The topological polar surface area (TPSA) is 98.4 Å². The van der Waals surface area contributed by atoms with Gasteiger partial charge in [-0.3, -0.25) is 4.98 Å². The Morgan fingerprint density at radius 3 is 2.90 bits per heavy atom. The predicted molar refractivity (Wildman–Crippen MR) is 114 cm³/mol. The Hall–Kier alpha value is -2.36. The van der Waals surface area contributed by atoms with E-state index in [0.29, 0.717) is 43.3 Å². The smallest absolute Gasteiger partial charge is 0.245 e. The molecule has 1 aliphatic carbocycles. The van der Waals surface area contributed by atoms with Gasteiger partial charge in [-0.25, -0.2) is 8.42 Å². The van der Waals surface area contributed by atoms with Crippen molar-refractivity contribution >= 4 is 20.9 Å². The lowest BCUT2D eigenvalue weighted by Crippen LogP contribution is -2.39. The molecular weight excluding hydrogens is 416 g/mol. The predicted octanol–water partition coefficient (Wildman–Crippen LogP) is 3.16. The minimum atomic E-state index is -3.68. The summed E-state index contributed by atoms with van der Waals surface area (Å²) in [7, 11) is -3.68. The molecule has 0 bridgehead atoms. The van der Waals surface area contributed by atoms with E-state index in [1.807, 2.05) is 12.1 Å². The van der Waals surface area contributed by atoms with Crippen LogP contribution in [0.3, 0.4) is 0 Å². The van der Waals surface area contributed by atoms with Gasteiger partial charge in [-0.15, -0.1) is 0 Å². The van der Waals surface area contributed by atoms with Gasteiger partial charge >= 0.3 is 0 Å². The molecule has 0 spiro atoms. The van der Waals surface area contributed by atoms with Crippen molar-refractivity contribution in [3.8, 4) is 0 Å². The maximum Gasteiger partial charge on any atom is 0.245 e. The normalized spacial score (nSPS) is 20.3. The van der Waals surface area contributed by atoms with Gasteiger partial charge < -0.3 is 9.26 Å². The van der Waals surface area contributed by atoms with Crippen molar-refractivity contribution in [1.29, 1.82) is 0 Å². The summed E-state index contributed by atoms with van der Waals surface area (Å²) in [5.74, 6) is 1.74. The van der Waals surface area contributed by atoms with Gasteiger partial charge in [0.1, 0.15) is 4.90 Å². The quantitative estimate of drug-likeness (QED) is 0.494. The van der Waals surface area contributed by atoms with Crippen molar-refractivity contribution in [3.05, 3.63) is 48.2 Å². The largest absolute Gasteiger partial charge is 0.381 e. The molecule has 2 aliphatic rings. The van der Waals surface area contributed by atoms with Crippen LogP contribution in [0.1, 0.15) is 43.3 Å². The molecule has 164 valence electrons. The Labute approximate surface area is 181 Å². The maximum absolute atomic E-state index is 13.4. The van der Waals surface area contributed by atoms with E-state index in [2.05, 4.69) is 15.1 Å². The van der Waals surface area contributed by atoms with Gasteiger partial charge in [0.2, 0.25) is 15.9 Å². The van der Waals surface area contributed by atoms with Crippen LogP contribution in [0.25, 0.3) is 10.9 Å². The van der Waals surface area contributed by atoms with E-state index >= 15 is 0 Å². The van der Waals surface area contributed by atoms with E-state index in [4.69, 9.17) is 9.26 Å². The van der Waals surface area contributed by atoms with Crippen molar-refractivity contribution in [2.45, 2.75) is 42.9 Å². The standard InChI is InChI=1S/C22H26N4O4S/c27-31(28,19-7-1-4-17-5-2-11-23-21(17)19)26-12-3-6-18(14-26)22-24-20(25-30-22)10-13-29-15-16-8-9-16/h1-2,4-5,7,11,16,18H,3,6,8-10,12-15H2. The lowest BCUT2D eigenvalue weighted by atomic mass is 10.00. The number of pyridine rings is 1. The molecule has 1 saturated carbocycles. The summed E-state index contributed by atoms with van der Waals surface area (Å²) < 4.78 is 39.5. The number of fused-ring (bicyclic) bond motifs is 1. The van der Waals surface area contributed by atoms with E-state index in [0.717, 1.165) is 30.8 Å². The molecule has 0 N–H and O–H groups in total. The van der Waals surface area contributed by atoms with Crippen LogP contribution in [-0.4, -0.2) is 54.2 Å². The molecule has 0 amide bonds. The number of benzene rings is 1. The highest BCUT2D eigenvalue weighted by molar-refractivity contribution is 7.89. The van der Waals surface area contributed by atoms with Gasteiger partial charge in [0.15, 0.2) is 5.82 Å². The lowest BCUT2D eigenvalue weighted by Gasteiger charge is -2.30. The fraction of sp³-hybridized carbons (Fsp3) is 0.500. The first-order chi connectivity index (χ1) is 15.1. The van der Waals surface area contributed by atoms with Crippen molar-refractivity contribution in [2.75, 3.05) is 26.3 Å². The second-order valence-corrected chi connectivity index (χ2v) is 10.3. The number of rotatable bonds is 8. The number of ether oxygens (including phenoxy) is 1. The Morgan fingerprint density at radius 1 is 1.16 bits per heavy atom. The molecule has 5 rings (SSSR count). The summed E-state index contributed by atoms with van der Waals surface area (Å²) in [5.41, 5.74) is 0.499. The molecular formula is C22H26N4O4S. The van der Waals surface area contributed by atoms with Crippen LogP contribution in [0.15, 0.2) is 45.9 Å². The van der Waals surface area contributed by atoms with E-state index in [1.165, 1.54) is 17.1 Å². The molecule has 1 saturated heterocycles. The number of hydrogen-bond donors (Lipinski definition) is 0. The molecule has 1 aliphatic heterocycles. The summed E-state index contributed by atoms with van der Waals surface area (Å²) in [4.78, 5) is 9.07. The average Bonchev–Trinajstić information content (AvgIpc) is 3.51. The van der Waals surface area contributed by atoms with Crippen molar-refractivity contribution < 1.29 is 17.7 Å². The van der Waals surface area contributed by atoms with Crippen molar-refractivity contribution in [2.24, 2.45) is 5.92 Å². The lowest BCUT2D eigenvalue weighted by molar-refractivity contribution is 0.125. The second kappa shape index (κ2) is 8.64. The summed E-state index contributed by atoms with van der Waals surface area (Å²) in [6.07, 6.45) is 6.32. The highest BCUT2D eigenvalue weighted by Crippen LogP contribution is 2.32. The molecule has 1 unspecified atom stereocenters. The molecule has 9 heteroatoms. The number of hydrogen-bond acceptors (Lipinski definition) is 7. The van der Waals surface area contributed by atoms with Gasteiger partial charge in [-0.05, 0) is 43.7 Å². The molecule has 1 atom stereocenters. The van der Waals surface area contributed by atoms with E-state index in [1.54, 1.807) is 24.4 Å². The van der Waals surface area contributed by atoms with Crippen LogP contribution in [0, 0.1) is 5.92 Å². The third kappa shape index (κ3) is 4.49. The van der Waals surface area contributed by atoms with Crippen LogP contribution < -0.4 is 0 Å². The number of para-hydroxylation sites is 1. The molecule has 2 aromatic heterocycles. The van der Waals surface area contributed by atoms with Crippen LogP contribution in [0.5, 0.6) is 0 Å². The average molecular weight is 443 g/mol. The monoisotopic (exact) mass is 442 g/mol. The summed E-state index contributed by atoms with van der Waals surface area (Å²) >= 11 is 0. The molecule has 1 aromatic carbocycles. The van der Waals surface area contributed by atoms with Crippen LogP contribution in [-0.2, 0) is 21.2 Å². The first-order valence-corrected chi connectivity index (χ1v) is 12.3. The van der Waals surface area contributed by atoms with Crippen LogP contribution in [0.2, 0.25) is 0 Å². The summed E-state index contributed by atoms with van der Waals surface area (Å²) in [6.45, 7) is 2.18. The first kappa shape index (κ1) is 20.5. The Morgan fingerprint density at radius 2 is 2.03 bits per heavy atom. The molecule has 3 heterocycles. The van der Waals surface area contributed by atoms with Crippen LogP contribution >= 0.6 is 0 Å². The fourth-order valence-corrected chi connectivity index (χ4v) is 5.71. The van der Waals surface area contributed by atoms with E-state index < -0.39 is 10.0 Å². The SMILES string of the molecule is O=S(=O)(c1cccc2cccnc12)N1CCCC(c2nc(CCOCC3CC3)no2)C1.